The first kappa shape index (κ1) is 16.1. The molecule has 0 fully saturated rings. The summed E-state index contributed by atoms with van der Waals surface area (Å²) in [5.74, 6) is 0.339. The highest BCUT2D eigenvalue weighted by Gasteiger charge is 2.18. The summed E-state index contributed by atoms with van der Waals surface area (Å²) in [4.78, 5) is 16.5. The van der Waals surface area contributed by atoms with Crippen LogP contribution in [0.1, 0.15) is 6.92 Å². The fraction of sp³-hybridized carbons (Fsp3) is 0.125. The van der Waals surface area contributed by atoms with E-state index in [4.69, 9.17) is 27.9 Å². The highest BCUT2D eigenvalue weighted by Crippen LogP contribution is 2.36. The number of halogens is 2. The third-order valence-electron chi connectivity index (χ3n) is 3.10. The standard InChI is InChI=1S/C16H12Cl2N2O2S/c1-9(22-10-5-3-2-4-6-10)15(21)20-16-19-13-11(17)7-8-12(18)14(13)23-16/h2-9H,1H3,(H,19,20,21). The number of rotatable bonds is 4. The largest absolute Gasteiger partial charge is 0.481 e. The van der Waals surface area contributed by atoms with Crippen molar-refractivity contribution < 1.29 is 9.53 Å². The van der Waals surface area contributed by atoms with Crippen molar-refractivity contribution in [2.75, 3.05) is 5.32 Å². The van der Waals surface area contributed by atoms with Gasteiger partial charge in [-0.1, -0.05) is 52.7 Å². The van der Waals surface area contributed by atoms with E-state index in [1.807, 2.05) is 18.2 Å². The normalized spacial score (nSPS) is 12.1. The lowest BCUT2D eigenvalue weighted by atomic mass is 10.3. The van der Waals surface area contributed by atoms with E-state index in [2.05, 4.69) is 10.3 Å². The molecule has 3 rings (SSSR count). The van der Waals surface area contributed by atoms with E-state index in [0.29, 0.717) is 26.4 Å². The summed E-state index contributed by atoms with van der Waals surface area (Å²) in [5, 5.41) is 4.21. The number of para-hydroxylation sites is 1. The highest BCUT2D eigenvalue weighted by molar-refractivity contribution is 7.23. The molecule has 1 atom stereocenters. The SMILES string of the molecule is CC(Oc1ccccc1)C(=O)Nc1nc2c(Cl)ccc(Cl)c2s1. The topological polar surface area (TPSA) is 51.2 Å². The molecule has 23 heavy (non-hydrogen) atoms. The van der Waals surface area contributed by atoms with Crippen molar-refractivity contribution in [2.24, 2.45) is 0 Å². The van der Waals surface area contributed by atoms with Crippen LogP contribution in [-0.2, 0) is 4.79 Å². The fourth-order valence-corrected chi connectivity index (χ4v) is 3.39. The number of ether oxygens (including phenoxy) is 1. The van der Waals surface area contributed by atoms with E-state index in [9.17, 15) is 4.79 Å². The van der Waals surface area contributed by atoms with Gasteiger partial charge in [-0.25, -0.2) is 4.98 Å². The van der Waals surface area contributed by atoms with Crippen LogP contribution in [0.25, 0.3) is 10.2 Å². The predicted octanol–water partition coefficient (Wildman–Crippen LogP) is 5.01. The van der Waals surface area contributed by atoms with Crippen LogP contribution in [0.4, 0.5) is 5.13 Å². The van der Waals surface area contributed by atoms with E-state index >= 15 is 0 Å². The number of amides is 1. The van der Waals surface area contributed by atoms with Gasteiger partial charge in [0.2, 0.25) is 0 Å². The van der Waals surface area contributed by atoms with Crippen LogP contribution >= 0.6 is 34.5 Å². The van der Waals surface area contributed by atoms with Gasteiger partial charge in [0.25, 0.3) is 5.91 Å². The van der Waals surface area contributed by atoms with Crippen molar-refractivity contribution in [3.63, 3.8) is 0 Å². The first-order valence-corrected chi connectivity index (χ1v) is 8.39. The van der Waals surface area contributed by atoms with Crippen LogP contribution in [-0.4, -0.2) is 17.0 Å². The highest BCUT2D eigenvalue weighted by atomic mass is 35.5. The molecule has 0 aliphatic rings. The van der Waals surface area contributed by atoms with Crippen molar-refractivity contribution in [1.29, 1.82) is 0 Å². The third kappa shape index (κ3) is 3.58. The van der Waals surface area contributed by atoms with Crippen molar-refractivity contribution in [3.05, 3.63) is 52.5 Å². The minimum atomic E-state index is -0.657. The van der Waals surface area contributed by atoms with Crippen molar-refractivity contribution in [1.82, 2.24) is 4.98 Å². The smallest absolute Gasteiger partial charge is 0.266 e. The molecule has 0 aliphatic heterocycles. The maximum Gasteiger partial charge on any atom is 0.266 e. The van der Waals surface area contributed by atoms with Gasteiger partial charge in [0.1, 0.15) is 11.3 Å². The molecular formula is C16H12Cl2N2O2S. The lowest BCUT2D eigenvalue weighted by Gasteiger charge is -2.13. The van der Waals surface area contributed by atoms with E-state index in [-0.39, 0.29) is 5.91 Å². The monoisotopic (exact) mass is 366 g/mol. The number of carbonyl (C=O) groups is 1. The number of thiazole rings is 1. The summed E-state index contributed by atoms with van der Waals surface area (Å²) in [5.41, 5.74) is 0.580. The molecule has 3 aromatic rings. The van der Waals surface area contributed by atoms with Crippen LogP contribution in [0.2, 0.25) is 10.0 Å². The summed E-state index contributed by atoms with van der Waals surface area (Å²) in [6.45, 7) is 1.68. The zero-order chi connectivity index (χ0) is 16.4. The van der Waals surface area contributed by atoms with Gasteiger partial charge >= 0.3 is 0 Å². The number of nitrogens with one attached hydrogen (secondary N) is 1. The summed E-state index contributed by atoms with van der Waals surface area (Å²) < 4.78 is 6.32. The second kappa shape index (κ2) is 6.74. The molecular weight excluding hydrogens is 355 g/mol. The minimum absolute atomic E-state index is 0.292. The van der Waals surface area contributed by atoms with Crippen LogP contribution in [0, 0.1) is 0 Å². The van der Waals surface area contributed by atoms with Gasteiger partial charge in [0, 0.05) is 0 Å². The lowest BCUT2D eigenvalue weighted by Crippen LogP contribution is -2.30. The number of benzene rings is 2. The van der Waals surface area contributed by atoms with Gasteiger partial charge < -0.3 is 4.74 Å². The van der Waals surface area contributed by atoms with Gasteiger partial charge in [-0.05, 0) is 31.2 Å². The third-order valence-corrected chi connectivity index (χ3v) is 4.84. The summed E-state index contributed by atoms with van der Waals surface area (Å²) >= 11 is 13.5. The number of aromatic nitrogens is 1. The number of anilines is 1. The van der Waals surface area contributed by atoms with Gasteiger partial charge in [0.15, 0.2) is 11.2 Å². The maximum atomic E-state index is 12.2. The van der Waals surface area contributed by atoms with Crippen LogP contribution in [0.15, 0.2) is 42.5 Å². The van der Waals surface area contributed by atoms with Crippen LogP contribution < -0.4 is 10.1 Å². The molecule has 7 heteroatoms. The van der Waals surface area contributed by atoms with Gasteiger partial charge in [0.05, 0.1) is 14.7 Å². The number of carbonyl (C=O) groups excluding carboxylic acids is 1. The number of hydrogen-bond acceptors (Lipinski definition) is 4. The molecule has 0 bridgehead atoms. The Hall–Kier alpha value is -1.82. The molecule has 1 unspecified atom stereocenters. The summed E-state index contributed by atoms with van der Waals surface area (Å²) in [6, 6.07) is 12.5. The van der Waals surface area contributed by atoms with Crippen LogP contribution in [0.5, 0.6) is 5.75 Å². The fourth-order valence-electron chi connectivity index (χ4n) is 1.96. The van der Waals surface area contributed by atoms with E-state index in [0.717, 1.165) is 4.70 Å². The molecule has 1 heterocycles. The molecule has 0 saturated carbocycles. The average molecular weight is 367 g/mol. The Kier molecular flexibility index (Phi) is 4.71. The lowest BCUT2D eigenvalue weighted by molar-refractivity contribution is -0.122. The average Bonchev–Trinajstić information content (AvgIpc) is 2.97. The molecule has 4 nitrogen and oxygen atoms in total. The zero-order valence-electron chi connectivity index (χ0n) is 12.0. The molecule has 1 aromatic heterocycles. The predicted molar refractivity (Wildman–Crippen MR) is 94.8 cm³/mol. The van der Waals surface area contributed by atoms with Crippen molar-refractivity contribution >= 4 is 55.8 Å². The van der Waals surface area contributed by atoms with E-state index < -0.39 is 6.10 Å². The molecule has 0 spiro atoms. The van der Waals surface area contributed by atoms with E-state index in [1.165, 1.54) is 11.3 Å². The Morgan fingerprint density at radius 1 is 1.17 bits per heavy atom. The number of nitrogens with zero attached hydrogens (tertiary/aromatic N) is 1. The Morgan fingerprint density at radius 3 is 2.57 bits per heavy atom. The Balaban J connectivity index is 1.75. The summed E-state index contributed by atoms with van der Waals surface area (Å²) in [6.07, 6.45) is -0.657. The molecule has 1 N–H and O–H groups in total. The van der Waals surface area contributed by atoms with Crippen molar-refractivity contribution in [2.45, 2.75) is 13.0 Å². The molecule has 0 radical (unpaired) electrons. The van der Waals surface area contributed by atoms with Gasteiger partial charge in [-0.15, -0.1) is 0 Å². The quantitative estimate of drug-likeness (QED) is 0.705. The van der Waals surface area contributed by atoms with E-state index in [1.54, 1.807) is 31.2 Å². The molecule has 0 aliphatic carbocycles. The Morgan fingerprint density at radius 2 is 1.87 bits per heavy atom. The Bertz CT molecular complexity index is 813. The second-order valence-corrected chi connectivity index (χ2v) is 6.60. The summed E-state index contributed by atoms with van der Waals surface area (Å²) in [7, 11) is 0. The maximum absolute atomic E-state index is 12.2. The molecule has 118 valence electrons. The number of hydrogen-bond donors (Lipinski definition) is 1. The molecule has 1 amide bonds. The first-order valence-electron chi connectivity index (χ1n) is 6.81. The molecule has 0 saturated heterocycles. The first-order chi connectivity index (χ1) is 11.0. The number of fused-ring (bicyclic) bond motifs is 1. The molecule has 2 aromatic carbocycles. The second-order valence-electron chi connectivity index (χ2n) is 4.79. The van der Waals surface area contributed by atoms with Crippen LogP contribution in [0.3, 0.4) is 0 Å². The Labute approximate surface area is 147 Å². The zero-order valence-corrected chi connectivity index (χ0v) is 14.4. The van der Waals surface area contributed by atoms with Gasteiger partial charge in [-0.2, -0.15) is 0 Å². The minimum Gasteiger partial charge on any atom is -0.481 e. The van der Waals surface area contributed by atoms with Gasteiger partial charge in [-0.3, -0.25) is 10.1 Å². The van der Waals surface area contributed by atoms with Crippen molar-refractivity contribution in [3.8, 4) is 5.75 Å².